The highest BCUT2D eigenvalue weighted by Gasteiger charge is 2.34. The molecule has 37 heavy (non-hydrogen) atoms. The van der Waals surface area contributed by atoms with Crippen LogP contribution in [0.4, 0.5) is 23.9 Å². The number of benzene rings is 2. The van der Waals surface area contributed by atoms with Crippen LogP contribution >= 0.6 is 11.3 Å². The fraction of sp³-hybridized carbons (Fsp3) is 0.280. The molecule has 1 aliphatic rings. The van der Waals surface area contributed by atoms with Crippen LogP contribution in [-0.2, 0) is 38.6 Å². The third kappa shape index (κ3) is 5.49. The Morgan fingerprint density at radius 3 is 2.46 bits per heavy atom. The molecule has 0 unspecified atom stereocenters. The number of rotatable bonds is 7. The molecule has 2 aromatic carbocycles. The zero-order valence-corrected chi connectivity index (χ0v) is 21.5. The molecule has 3 aromatic rings. The lowest BCUT2D eigenvalue weighted by Crippen LogP contribution is -2.38. The van der Waals surface area contributed by atoms with Crippen LogP contribution in [0.5, 0.6) is 0 Å². The Kier molecular flexibility index (Phi) is 7.33. The predicted octanol–water partition coefficient (Wildman–Crippen LogP) is 5.18. The Hall–Kier alpha value is -3.38. The Morgan fingerprint density at radius 2 is 1.81 bits per heavy atom. The number of hydrogen-bond acceptors (Lipinski definition) is 6. The Bertz CT molecular complexity index is 1450. The normalized spacial score (nSPS) is 13.2. The number of ether oxygens (including phenoxy) is 1. The highest BCUT2D eigenvalue weighted by Crippen LogP contribution is 2.40. The number of halogens is 3. The SMILES string of the molecule is COC(=O)c1c(NC(=O)CN(c2cccc(C(F)(F)F)c2)S(=O)(=O)c2ccc(C)cc2)sc2c1CCC2. The van der Waals surface area contributed by atoms with Crippen molar-refractivity contribution in [2.45, 2.75) is 37.3 Å². The molecule has 1 aromatic heterocycles. The average molecular weight is 553 g/mol. The van der Waals surface area contributed by atoms with Crippen LogP contribution in [0, 0.1) is 6.92 Å². The first-order valence-corrected chi connectivity index (χ1v) is 13.5. The number of sulfonamides is 1. The molecule has 0 saturated heterocycles. The average Bonchev–Trinajstić information content (AvgIpc) is 3.42. The van der Waals surface area contributed by atoms with Crippen molar-refractivity contribution in [3.05, 3.63) is 75.7 Å². The van der Waals surface area contributed by atoms with E-state index in [2.05, 4.69) is 5.32 Å². The summed E-state index contributed by atoms with van der Waals surface area (Å²) >= 11 is 1.21. The lowest BCUT2D eigenvalue weighted by Gasteiger charge is -2.25. The lowest BCUT2D eigenvalue weighted by molar-refractivity contribution is -0.137. The van der Waals surface area contributed by atoms with Gasteiger partial charge >= 0.3 is 12.1 Å². The van der Waals surface area contributed by atoms with Crippen molar-refractivity contribution in [3.63, 3.8) is 0 Å². The number of alkyl halides is 3. The van der Waals surface area contributed by atoms with Gasteiger partial charge in [-0.25, -0.2) is 13.2 Å². The van der Waals surface area contributed by atoms with Crippen molar-refractivity contribution in [2.24, 2.45) is 0 Å². The molecule has 0 fully saturated rings. The zero-order valence-electron chi connectivity index (χ0n) is 19.9. The van der Waals surface area contributed by atoms with Crippen molar-refractivity contribution in [3.8, 4) is 0 Å². The molecule has 4 rings (SSSR count). The van der Waals surface area contributed by atoms with Gasteiger partial charge in [-0.15, -0.1) is 11.3 Å². The van der Waals surface area contributed by atoms with Crippen molar-refractivity contribution in [1.29, 1.82) is 0 Å². The molecule has 0 atom stereocenters. The first kappa shape index (κ1) is 26.7. The van der Waals surface area contributed by atoms with Crippen LogP contribution in [0.3, 0.4) is 0 Å². The van der Waals surface area contributed by atoms with Crippen LogP contribution in [0.15, 0.2) is 53.4 Å². The van der Waals surface area contributed by atoms with E-state index in [-0.39, 0.29) is 21.1 Å². The van der Waals surface area contributed by atoms with Crippen molar-refractivity contribution < 1.29 is 35.9 Å². The van der Waals surface area contributed by atoms with Gasteiger partial charge in [0.2, 0.25) is 5.91 Å². The minimum absolute atomic E-state index is 0.186. The van der Waals surface area contributed by atoms with Gasteiger partial charge in [-0.2, -0.15) is 13.2 Å². The minimum atomic E-state index is -4.72. The number of amides is 1. The second-order valence-electron chi connectivity index (χ2n) is 8.47. The number of anilines is 2. The summed E-state index contributed by atoms with van der Waals surface area (Å²) in [5, 5.41) is 2.80. The number of methoxy groups -OCH3 is 1. The summed E-state index contributed by atoms with van der Waals surface area (Å²) in [7, 11) is -3.21. The number of nitrogens with one attached hydrogen (secondary N) is 1. The second-order valence-corrected chi connectivity index (χ2v) is 11.4. The number of fused-ring (bicyclic) bond motifs is 1. The minimum Gasteiger partial charge on any atom is -0.465 e. The van der Waals surface area contributed by atoms with Gasteiger partial charge in [0.15, 0.2) is 0 Å². The molecule has 0 saturated carbocycles. The van der Waals surface area contributed by atoms with Crippen LogP contribution in [-0.4, -0.2) is 33.9 Å². The van der Waals surface area contributed by atoms with Gasteiger partial charge in [-0.1, -0.05) is 23.8 Å². The summed E-state index contributed by atoms with van der Waals surface area (Å²) in [6.45, 7) is 0.937. The maximum Gasteiger partial charge on any atom is 0.416 e. The Labute approximate surface area is 215 Å². The van der Waals surface area contributed by atoms with Crippen molar-refractivity contribution in [1.82, 2.24) is 0 Å². The molecule has 0 spiro atoms. The molecule has 1 aliphatic carbocycles. The van der Waals surface area contributed by atoms with Gasteiger partial charge in [-0.3, -0.25) is 9.10 Å². The third-order valence-corrected chi connectivity index (χ3v) is 8.92. The summed E-state index contributed by atoms with van der Waals surface area (Å²) in [6, 6.07) is 9.50. The Morgan fingerprint density at radius 1 is 1.11 bits per heavy atom. The summed E-state index contributed by atoms with van der Waals surface area (Å²) in [6.07, 6.45) is -2.48. The first-order valence-electron chi connectivity index (χ1n) is 11.2. The van der Waals surface area contributed by atoms with Gasteiger partial charge in [0, 0.05) is 4.88 Å². The van der Waals surface area contributed by atoms with Crippen LogP contribution in [0.1, 0.15) is 38.3 Å². The fourth-order valence-corrected chi connectivity index (χ4v) is 6.80. The number of nitrogens with zero attached hydrogens (tertiary/aromatic N) is 1. The van der Waals surface area contributed by atoms with E-state index in [0.29, 0.717) is 16.8 Å². The predicted molar refractivity (Wildman–Crippen MR) is 133 cm³/mol. The van der Waals surface area contributed by atoms with E-state index in [1.54, 1.807) is 19.1 Å². The molecule has 1 amide bonds. The van der Waals surface area contributed by atoms with Crippen LogP contribution in [0.25, 0.3) is 0 Å². The van der Waals surface area contributed by atoms with Gasteiger partial charge in [0.05, 0.1) is 28.8 Å². The Balaban J connectivity index is 1.71. The summed E-state index contributed by atoms with van der Waals surface area (Å²) in [5.41, 5.74) is 0.405. The molecule has 196 valence electrons. The number of carbonyl (C=O) groups is 2. The number of thiophene rings is 1. The monoisotopic (exact) mass is 552 g/mol. The number of hydrogen-bond donors (Lipinski definition) is 1. The third-order valence-electron chi connectivity index (χ3n) is 5.92. The first-order chi connectivity index (χ1) is 17.4. The standard InChI is InChI=1S/C25H23F3N2O5S2/c1-15-9-11-18(12-10-15)37(33,34)30(17-6-3-5-16(13-17)25(26,27)28)14-21(31)29-23-22(24(32)35-2)19-7-4-8-20(19)36-23/h3,5-6,9-13H,4,7-8,14H2,1-2H3,(H,29,31). The molecule has 1 heterocycles. The van der Waals surface area contributed by atoms with Crippen LogP contribution < -0.4 is 9.62 Å². The van der Waals surface area contributed by atoms with Gasteiger partial charge in [0.25, 0.3) is 10.0 Å². The molecule has 0 bridgehead atoms. The number of esters is 1. The van der Waals surface area contributed by atoms with Gasteiger partial charge in [-0.05, 0) is 62.1 Å². The van der Waals surface area contributed by atoms with Gasteiger partial charge in [0.1, 0.15) is 11.5 Å². The van der Waals surface area contributed by atoms with E-state index >= 15 is 0 Å². The second kappa shape index (κ2) is 10.2. The molecular formula is C25H23F3N2O5S2. The van der Waals surface area contributed by atoms with E-state index in [1.807, 2.05) is 0 Å². The zero-order chi connectivity index (χ0) is 27.0. The molecule has 7 nitrogen and oxygen atoms in total. The highest BCUT2D eigenvalue weighted by molar-refractivity contribution is 7.92. The van der Waals surface area contributed by atoms with E-state index in [1.165, 1.54) is 36.6 Å². The number of carbonyl (C=O) groups excluding carboxylic acids is 2. The molecule has 12 heteroatoms. The lowest BCUT2D eigenvalue weighted by atomic mass is 10.1. The van der Waals surface area contributed by atoms with E-state index in [9.17, 15) is 31.2 Å². The quantitative estimate of drug-likeness (QED) is 0.408. The maximum atomic E-state index is 13.5. The summed E-state index contributed by atoms with van der Waals surface area (Å²) in [5.74, 6) is -1.45. The largest absolute Gasteiger partial charge is 0.465 e. The highest BCUT2D eigenvalue weighted by atomic mass is 32.2. The van der Waals surface area contributed by atoms with E-state index in [4.69, 9.17) is 4.74 Å². The van der Waals surface area contributed by atoms with Crippen molar-refractivity contribution in [2.75, 3.05) is 23.3 Å². The molecule has 1 N–H and O–H groups in total. The smallest absolute Gasteiger partial charge is 0.416 e. The maximum absolute atomic E-state index is 13.5. The topological polar surface area (TPSA) is 92.8 Å². The van der Waals surface area contributed by atoms with E-state index < -0.39 is 40.2 Å². The summed E-state index contributed by atoms with van der Waals surface area (Å²) in [4.78, 5) is 26.3. The molecule has 0 radical (unpaired) electrons. The fourth-order valence-electron chi connectivity index (χ4n) is 4.10. The van der Waals surface area contributed by atoms with Crippen LogP contribution in [0.2, 0.25) is 0 Å². The summed E-state index contributed by atoms with van der Waals surface area (Å²) < 4.78 is 72.7. The van der Waals surface area contributed by atoms with E-state index in [0.717, 1.165) is 41.0 Å². The molecular weight excluding hydrogens is 529 g/mol. The molecule has 0 aliphatic heterocycles. The van der Waals surface area contributed by atoms with Gasteiger partial charge < -0.3 is 10.1 Å². The number of aryl methyl sites for hydroxylation is 2. The van der Waals surface area contributed by atoms with Crippen molar-refractivity contribution >= 4 is 43.9 Å².